The van der Waals surface area contributed by atoms with Crippen molar-refractivity contribution >= 4 is 40.6 Å². The summed E-state index contributed by atoms with van der Waals surface area (Å²) in [6.45, 7) is 17.0. The maximum atomic E-state index is 7.50. The van der Waals surface area contributed by atoms with E-state index in [1.165, 1.54) is 34.7 Å². The second-order valence-electron chi connectivity index (χ2n) is 8.23. The van der Waals surface area contributed by atoms with Crippen LogP contribution in [0.5, 0.6) is 0 Å². The molecule has 0 saturated carbocycles. The van der Waals surface area contributed by atoms with Crippen LogP contribution in [0.25, 0.3) is 0 Å². The molecule has 0 aromatic heterocycles. The van der Waals surface area contributed by atoms with Gasteiger partial charge in [-0.25, -0.2) is 0 Å². The van der Waals surface area contributed by atoms with Gasteiger partial charge in [0, 0.05) is 42.4 Å². The molecule has 218 valence electrons. The Kier molecular flexibility index (Phi) is 23.4. The normalized spacial score (nSPS) is 11.2. The van der Waals surface area contributed by atoms with E-state index in [0.717, 1.165) is 12.2 Å². The summed E-state index contributed by atoms with van der Waals surface area (Å²) < 4.78 is 33.5. The molecule has 40 heavy (non-hydrogen) atoms. The van der Waals surface area contributed by atoms with Crippen molar-refractivity contribution in [2.24, 2.45) is 0 Å². The van der Waals surface area contributed by atoms with Gasteiger partial charge in [-0.1, -0.05) is 98.9 Å². The van der Waals surface area contributed by atoms with Crippen molar-refractivity contribution in [2.75, 3.05) is 38.3 Å². The van der Waals surface area contributed by atoms with Gasteiger partial charge in [0.25, 0.3) is 0 Å². The van der Waals surface area contributed by atoms with Crippen LogP contribution in [0.15, 0.2) is 91.0 Å². The topological polar surface area (TPSA) is 67.5 Å². The van der Waals surface area contributed by atoms with E-state index in [9.17, 15) is 0 Å². The Morgan fingerprint density at radius 1 is 0.575 bits per heavy atom. The van der Waals surface area contributed by atoms with Crippen molar-refractivity contribution in [3.63, 3.8) is 0 Å². The largest absolute Gasteiger partial charge is 0 e. The van der Waals surface area contributed by atoms with Crippen molar-refractivity contribution in [3.8, 4) is 0 Å². The zero-order valence-corrected chi connectivity index (χ0v) is 27.3. The van der Waals surface area contributed by atoms with E-state index >= 15 is 0 Å². The van der Waals surface area contributed by atoms with Crippen LogP contribution in [0.2, 0.25) is 6.04 Å². The molecule has 1 atom stereocenters. The average Bonchev–Trinajstić information content (AvgIpc) is 3.00. The fourth-order valence-corrected chi connectivity index (χ4v) is 13.0. The molecule has 9 heteroatoms. The minimum absolute atomic E-state index is 0. The number of hydrogen-bond donors (Lipinski definition) is 0. The van der Waals surface area contributed by atoms with Gasteiger partial charge in [0.05, 0.1) is 0 Å². The third-order valence-electron chi connectivity index (χ3n) is 5.85. The van der Waals surface area contributed by atoms with Gasteiger partial charge in [0.15, 0.2) is 0 Å². The zero-order valence-electron chi connectivity index (χ0n) is 23.6. The van der Waals surface area contributed by atoms with Crippen molar-refractivity contribution < 1.29 is 39.1 Å². The van der Waals surface area contributed by atoms with E-state index < -0.39 is 8.80 Å². The molecule has 3 rings (SSSR count). The maximum absolute atomic E-state index is 7.50. The molecule has 0 aliphatic heterocycles. The molecule has 0 heterocycles. The van der Waals surface area contributed by atoms with Crippen molar-refractivity contribution in [1.82, 2.24) is 0 Å². The fourth-order valence-electron chi connectivity index (χ4n) is 4.32. The first-order chi connectivity index (χ1) is 19.2. The first-order valence-electron chi connectivity index (χ1n) is 13.2. The second-order valence-corrected chi connectivity index (χ2v) is 15.8. The molecule has 0 bridgehead atoms. The van der Waals surface area contributed by atoms with E-state index in [1.54, 1.807) is 0 Å². The third-order valence-corrected chi connectivity index (χ3v) is 14.6. The monoisotopic (exact) mass is 640 g/mol. The Balaban J connectivity index is 0.00000291. The van der Waals surface area contributed by atoms with Crippen LogP contribution in [0.4, 0.5) is 0 Å². The number of benzene rings is 3. The van der Waals surface area contributed by atoms with Crippen molar-refractivity contribution in [1.29, 1.82) is 0 Å². The fraction of sp³-hybridized carbons (Fsp3) is 0.355. The minimum Gasteiger partial charge on any atom is 0 e. The van der Waals surface area contributed by atoms with Gasteiger partial charge in [-0.05, 0) is 69.5 Å². The van der Waals surface area contributed by atoms with Crippen LogP contribution in [0.1, 0.15) is 27.2 Å². The predicted octanol–water partition coefficient (Wildman–Crippen LogP) is 6.29. The predicted molar refractivity (Wildman–Crippen MR) is 165 cm³/mol. The summed E-state index contributed by atoms with van der Waals surface area (Å²) in [5.41, 5.74) is 0. The first-order valence-corrected chi connectivity index (χ1v) is 18.4. The van der Waals surface area contributed by atoms with Crippen molar-refractivity contribution in [3.05, 3.63) is 104 Å². The molecule has 0 fully saturated rings. The number of rotatable bonds is 16. The Morgan fingerprint density at radius 3 is 1.32 bits per heavy atom. The van der Waals surface area contributed by atoms with Crippen LogP contribution in [0, 0.1) is 13.3 Å². The van der Waals surface area contributed by atoms with Gasteiger partial charge in [0.1, 0.15) is 0 Å². The summed E-state index contributed by atoms with van der Waals surface area (Å²) in [7, 11) is -3.31. The first kappa shape index (κ1) is 38.6. The molecular weight excluding hydrogens is 601 g/mol. The second kappa shape index (κ2) is 24.2. The molecule has 0 N–H and O–H groups in total. The molecule has 0 aliphatic rings. The van der Waals surface area contributed by atoms with Gasteiger partial charge >= 0.3 is 31.4 Å². The molecule has 0 saturated heterocycles. The van der Waals surface area contributed by atoms with Crippen LogP contribution in [0.3, 0.4) is 0 Å². The van der Waals surface area contributed by atoms with Crippen LogP contribution < -0.4 is 15.9 Å². The molecule has 3 aromatic rings. The van der Waals surface area contributed by atoms with E-state index in [-0.39, 0.29) is 32.3 Å². The standard InChI is InChI=1S/C29H40O3P2Si.2CO.Ni/c1-4-30-35(31-5-2,32-6-3)26-25-33(27-17-10-7-11-18-27)23-16-24-34(28-19-12-8-13-20-28)29-21-14-9-15-22-29;2*1-2;/h7-15,17-22H,4-6,16,23-26H2,1-3H3;;;. The molecule has 0 radical (unpaired) electrons. The molecule has 1 unspecified atom stereocenters. The Labute approximate surface area is 254 Å². The molecule has 5 nitrogen and oxygen atoms in total. The SMILES string of the molecule is CCO[Si](CCP(CCCP(c1ccccc1)c1ccccc1)c1ccccc1)(OCC)OCC.[C-]#[O+].[C-]#[O+].[Ni]. The Bertz CT molecular complexity index is 979. The number of hydrogen-bond acceptors (Lipinski definition) is 3. The molecular formula is C31H40NiO5P2Si. The summed E-state index contributed by atoms with van der Waals surface area (Å²) in [5, 5.41) is 4.40. The van der Waals surface area contributed by atoms with E-state index in [2.05, 4.69) is 104 Å². The Morgan fingerprint density at radius 2 is 0.950 bits per heavy atom. The quantitative estimate of drug-likeness (QED) is 0.0800. The average molecular weight is 641 g/mol. The van der Waals surface area contributed by atoms with Crippen LogP contribution in [-0.2, 0) is 39.1 Å². The van der Waals surface area contributed by atoms with Gasteiger partial charge in [0.2, 0.25) is 0 Å². The van der Waals surface area contributed by atoms with Crippen LogP contribution in [-0.4, -0.2) is 47.1 Å². The summed E-state index contributed by atoms with van der Waals surface area (Å²) in [5.74, 6) is 0. The summed E-state index contributed by atoms with van der Waals surface area (Å²) in [4.78, 5) is 0. The molecule has 0 aliphatic carbocycles. The molecule has 0 amide bonds. The van der Waals surface area contributed by atoms with Crippen molar-refractivity contribution in [2.45, 2.75) is 33.2 Å². The third kappa shape index (κ3) is 13.5. The summed E-state index contributed by atoms with van der Waals surface area (Å²) in [6, 6.07) is 34.0. The van der Waals surface area contributed by atoms with E-state index in [4.69, 9.17) is 22.6 Å². The maximum Gasteiger partial charge on any atom is 0 e. The van der Waals surface area contributed by atoms with E-state index in [1.807, 2.05) is 20.8 Å². The molecule has 3 aromatic carbocycles. The van der Waals surface area contributed by atoms with Gasteiger partial charge < -0.3 is 13.3 Å². The zero-order chi connectivity index (χ0) is 28.8. The smallest absolute Gasteiger partial charge is 0 e. The summed E-state index contributed by atoms with van der Waals surface area (Å²) in [6.07, 6.45) is 4.72. The summed E-state index contributed by atoms with van der Waals surface area (Å²) >= 11 is 0. The Hall–Kier alpha value is -1.41. The minimum atomic E-state index is -2.64. The van der Waals surface area contributed by atoms with E-state index in [0.29, 0.717) is 19.8 Å². The van der Waals surface area contributed by atoms with Gasteiger partial charge in [-0.15, -0.1) is 0 Å². The van der Waals surface area contributed by atoms with Crippen LogP contribution >= 0.6 is 15.8 Å². The van der Waals surface area contributed by atoms with Gasteiger partial charge in [-0.3, -0.25) is 0 Å². The van der Waals surface area contributed by atoms with Gasteiger partial charge in [-0.2, -0.15) is 0 Å². The molecule has 0 spiro atoms.